The molecule has 0 aliphatic carbocycles. The standard InChI is InChI=1S/C21H18F2N2O4/c1-12-11-15(14-7-3-4-8-16(14)24-12)20(27)28-13(2)19(26)25-17-9-5-6-10-18(17)29-21(22)23/h3-11,13,21H,1-2H3,(H,25,26)/t13-/m0/s1. The first-order valence-electron chi connectivity index (χ1n) is 8.77. The van der Waals surface area contributed by atoms with Crippen LogP contribution in [-0.4, -0.2) is 29.6 Å². The Hall–Kier alpha value is -3.55. The van der Waals surface area contributed by atoms with Crippen molar-refractivity contribution >= 4 is 28.5 Å². The number of aromatic nitrogens is 1. The van der Waals surface area contributed by atoms with E-state index in [1.165, 1.54) is 25.1 Å². The Morgan fingerprint density at radius 3 is 2.52 bits per heavy atom. The lowest BCUT2D eigenvalue weighted by Crippen LogP contribution is -2.30. The molecule has 1 N–H and O–H groups in total. The zero-order valence-corrected chi connectivity index (χ0v) is 15.7. The quantitative estimate of drug-likeness (QED) is 0.623. The zero-order valence-electron chi connectivity index (χ0n) is 15.7. The monoisotopic (exact) mass is 400 g/mol. The Labute approximate surface area is 165 Å². The zero-order chi connectivity index (χ0) is 21.0. The Morgan fingerprint density at radius 1 is 1.07 bits per heavy atom. The van der Waals surface area contributed by atoms with Crippen molar-refractivity contribution < 1.29 is 27.8 Å². The lowest BCUT2D eigenvalue weighted by Gasteiger charge is -2.16. The summed E-state index contributed by atoms with van der Waals surface area (Å²) in [5, 5.41) is 3.04. The highest BCUT2D eigenvalue weighted by molar-refractivity contribution is 6.05. The summed E-state index contributed by atoms with van der Waals surface area (Å²) in [5.41, 5.74) is 1.60. The summed E-state index contributed by atoms with van der Waals surface area (Å²) in [6.07, 6.45) is -1.17. The number of ether oxygens (including phenoxy) is 2. The first-order chi connectivity index (χ1) is 13.8. The predicted octanol–water partition coefficient (Wildman–Crippen LogP) is 4.33. The van der Waals surface area contributed by atoms with Crippen molar-refractivity contribution in [2.75, 3.05) is 5.32 Å². The van der Waals surface area contributed by atoms with Crippen LogP contribution in [0, 0.1) is 6.92 Å². The summed E-state index contributed by atoms with van der Waals surface area (Å²) in [5.74, 6) is -1.56. The van der Waals surface area contributed by atoms with Gasteiger partial charge in [0.15, 0.2) is 6.10 Å². The molecule has 0 unspecified atom stereocenters. The van der Waals surface area contributed by atoms with Gasteiger partial charge in [-0.25, -0.2) is 4.79 Å². The van der Waals surface area contributed by atoms with Gasteiger partial charge in [-0.15, -0.1) is 0 Å². The summed E-state index contributed by atoms with van der Waals surface area (Å²) in [6.45, 7) is 0.103. The highest BCUT2D eigenvalue weighted by Crippen LogP contribution is 2.26. The topological polar surface area (TPSA) is 77.5 Å². The van der Waals surface area contributed by atoms with Crippen molar-refractivity contribution in [2.45, 2.75) is 26.6 Å². The molecule has 0 bridgehead atoms. The van der Waals surface area contributed by atoms with E-state index in [2.05, 4.69) is 15.0 Å². The number of benzene rings is 2. The largest absolute Gasteiger partial charge is 0.449 e. The first kappa shape index (κ1) is 20.2. The highest BCUT2D eigenvalue weighted by Gasteiger charge is 2.22. The predicted molar refractivity (Wildman–Crippen MR) is 103 cm³/mol. The summed E-state index contributed by atoms with van der Waals surface area (Å²) in [6, 6.07) is 14.4. The van der Waals surface area contributed by atoms with Crippen LogP contribution in [0.2, 0.25) is 0 Å². The van der Waals surface area contributed by atoms with Crippen LogP contribution in [0.25, 0.3) is 10.9 Å². The molecular formula is C21H18F2N2O4. The average molecular weight is 400 g/mol. The first-order valence-corrected chi connectivity index (χ1v) is 8.77. The van der Waals surface area contributed by atoms with Crippen LogP contribution >= 0.6 is 0 Å². The molecule has 0 aliphatic rings. The van der Waals surface area contributed by atoms with Crippen LogP contribution in [0.5, 0.6) is 5.75 Å². The molecule has 1 heterocycles. The number of nitrogens with zero attached hydrogens (tertiary/aromatic N) is 1. The molecule has 1 aromatic heterocycles. The average Bonchev–Trinajstić information content (AvgIpc) is 2.68. The van der Waals surface area contributed by atoms with Crippen molar-refractivity contribution in [3.05, 3.63) is 65.9 Å². The van der Waals surface area contributed by atoms with E-state index in [-0.39, 0.29) is 17.0 Å². The van der Waals surface area contributed by atoms with Crippen molar-refractivity contribution in [3.63, 3.8) is 0 Å². The van der Waals surface area contributed by atoms with Gasteiger partial charge < -0.3 is 14.8 Å². The number of halogens is 2. The number of carbonyl (C=O) groups is 2. The number of alkyl halides is 2. The number of amides is 1. The molecule has 1 amide bonds. The van der Waals surface area contributed by atoms with Crippen molar-refractivity contribution in [1.82, 2.24) is 4.98 Å². The number of esters is 1. The summed E-state index contributed by atoms with van der Waals surface area (Å²) in [4.78, 5) is 29.4. The van der Waals surface area contributed by atoms with E-state index in [0.29, 0.717) is 16.6 Å². The summed E-state index contributed by atoms with van der Waals surface area (Å²) < 4.78 is 34.7. The third-order valence-electron chi connectivity index (χ3n) is 4.08. The van der Waals surface area contributed by atoms with Gasteiger partial charge in [-0.1, -0.05) is 30.3 Å². The number of nitrogens with one attached hydrogen (secondary N) is 1. The Balaban J connectivity index is 1.75. The molecule has 3 aromatic rings. The molecule has 3 rings (SSSR count). The van der Waals surface area contributed by atoms with E-state index < -0.39 is 24.6 Å². The van der Waals surface area contributed by atoms with Gasteiger partial charge in [-0.3, -0.25) is 9.78 Å². The van der Waals surface area contributed by atoms with Gasteiger partial charge in [0.25, 0.3) is 5.91 Å². The molecular weight excluding hydrogens is 382 g/mol. The highest BCUT2D eigenvalue weighted by atomic mass is 19.3. The third-order valence-corrected chi connectivity index (χ3v) is 4.08. The lowest BCUT2D eigenvalue weighted by atomic mass is 10.1. The van der Waals surface area contributed by atoms with Crippen LogP contribution in [0.4, 0.5) is 14.5 Å². The fourth-order valence-electron chi connectivity index (χ4n) is 2.76. The smallest absolute Gasteiger partial charge is 0.387 e. The number of anilines is 1. The van der Waals surface area contributed by atoms with E-state index >= 15 is 0 Å². The molecule has 29 heavy (non-hydrogen) atoms. The molecule has 0 spiro atoms. The Bertz CT molecular complexity index is 1060. The number of rotatable bonds is 6. The summed E-state index contributed by atoms with van der Waals surface area (Å²) >= 11 is 0. The van der Waals surface area contributed by atoms with Gasteiger partial charge in [0.1, 0.15) is 5.75 Å². The Morgan fingerprint density at radius 2 is 1.76 bits per heavy atom. The molecule has 0 saturated heterocycles. The van der Waals surface area contributed by atoms with E-state index in [9.17, 15) is 18.4 Å². The number of fused-ring (bicyclic) bond motifs is 1. The van der Waals surface area contributed by atoms with E-state index in [1.807, 2.05) is 0 Å². The molecule has 1 atom stereocenters. The van der Waals surface area contributed by atoms with Crippen molar-refractivity contribution in [3.8, 4) is 5.75 Å². The van der Waals surface area contributed by atoms with Crippen LogP contribution in [-0.2, 0) is 9.53 Å². The third kappa shape index (κ3) is 4.84. The number of para-hydroxylation sites is 3. The molecule has 0 radical (unpaired) electrons. The molecule has 0 saturated carbocycles. The maximum absolute atomic E-state index is 12.6. The van der Waals surface area contributed by atoms with Gasteiger partial charge in [0, 0.05) is 11.1 Å². The molecule has 6 nitrogen and oxygen atoms in total. The molecule has 0 fully saturated rings. The minimum absolute atomic E-state index is 0.0471. The van der Waals surface area contributed by atoms with E-state index in [1.54, 1.807) is 43.3 Å². The van der Waals surface area contributed by atoms with Crippen molar-refractivity contribution in [1.29, 1.82) is 0 Å². The van der Waals surface area contributed by atoms with Crippen LogP contribution in [0.15, 0.2) is 54.6 Å². The summed E-state index contributed by atoms with van der Waals surface area (Å²) in [7, 11) is 0. The number of hydrogen-bond acceptors (Lipinski definition) is 5. The minimum Gasteiger partial charge on any atom is -0.449 e. The van der Waals surface area contributed by atoms with E-state index in [0.717, 1.165) is 0 Å². The fraction of sp³-hybridized carbons (Fsp3) is 0.190. The normalized spacial score (nSPS) is 11.9. The fourth-order valence-corrected chi connectivity index (χ4v) is 2.76. The van der Waals surface area contributed by atoms with E-state index in [4.69, 9.17) is 4.74 Å². The molecule has 8 heteroatoms. The maximum Gasteiger partial charge on any atom is 0.387 e. The van der Waals surface area contributed by atoms with Gasteiger partial charge in [-0.2, -0.15) is 8.78 Å². The lowest BCUT2D eigenvalue weighted by molar-refractivity contribution is -0.123. The van der Waals surface area contributed by atoms with Crippen molar-refractivity contribution in [2.24, 2.45) is 0 Å². The van der Waals surface area contributed by atoms with Gasteiger partial charge in [0.05, 0.1) is 16.8 Å². The minimum atomic E-state index is -3.04. The number of pyridine rings is 1. The molecule has 0 aliphatic heterocycles. The number of hydrogen-bond donors (Lipinski definition) is 1. The SMILES string of the molecule is Cc1cc(C(=O)O[C@@H](C)C(=O)Nc2ccccc2OC(F)F)c2ccccc2n1. The Kier molecular flexibility index (Phi) is 6.01. The van der Waals surface area contributed by atoms with Crippen LogP contribution in [0.1, 0.15) is 23.0 Å². The van der Waals surface area contributed by atoms with Crippen LogP contribution < -0.4 is 10.1 Å². The molecule has 150 valence electrons. The second kappa shape index (κ2) is 8.64. The number of aryl methyl sites for hydroxylation is 1. The van der Waals surface area contributed by atoms with Gasteiger partial charge in [-0.05, 0) is 38.1 Å². The maximum atomic E-state index is 12.6. The second-order valence-corrected chi connectivity index (χ2v) is 6.24. The molecule has 2 aromatic carbocycles. The second-order valence-electron chi connectivity index (χ2n) is 6.24. The van der Waals surface area contributed by atoms with Gasteiger partial charge >= 0.3 is 12.6 Å². The van der Waals surface area contributed by atoms with Crippen LogP contribution in [0.3, 0.4) is 0 Å². The number of carbonyl (C=O) groups excluding carboxylic acids is 2. The van der Waals surface area contributed by atoms with Gasteiger partial charge in [0.2, 0.25) is 0 Å².